The third kappa shape index (κ3) is 7.68. The molecular formula is C18H22Cl4O3Si2. The van der Waals surface area contributed by atoms with Crippen LogP contribution in [0.4, 0.5) is 0 Å². The normalized spacial score (nSPS) is 12.4. The van der Waals surface area contributed by atoms with E-state index in [-0.39, 0.29) is 0 Å². The molecule has 0 N–H and O–H groups in total. The van der Waals surface area contributed by atoms with Crippen LogP contribution in [0.25, 0.3) is 0 Å². The van der Waals surface area contributed by atoms with Crippen molar-refractivity contribution in [3.63, 3.8) is 0 Å². The van der Waals surface area contributed by atoms with Gasteiger partial charge in [0.25, 0.3) is 0 Å². The number of rotatable bonds is 8. The first kappa shape index (κ1) is 23.2. The Balaban J connectivity index is 1.95. The second kappa shape index (κ2) is 9.61. The zero-order chi connectivity index (χ0) is 20.2. The van der Waals surface area contributed by atoms with Crippen molar-refractivity contribution in [2.75, 3.05) is 0 Å². The molecule has 0 amide bonds. The first-order valence-corrected chi connectivity index (χ1v) is 15.5. The summed E-state index contributed by atoms with van der Waals surface area (Å²) in [5.41, 5.74) is 1.67. The van der Waals surface area contributed by atoms with E-state index in [1.165, 1.54) is 0 Å². The maximum Gasteiger partial charge on any atom is 0.323 e. The highest BCUT2D eigenvalue weighted by Gasteiger charge is 2.36. The van der Waals surface area contributed by atoms with Crippen LogP contribution in [0.2, 0.25) is 46.3 Å². The van der Waals surface area contributed by atoms with Crippen molar-refractivity contribution >= 4 is 63.5 Å². The molecule has 0 saturated carbocycles. The molecule has 0 aliphatic heterocycles. The van der Waals surface area contributed by atoms with Gasteiger partial charge in [0.15, 0.2) is 0 Å². The maximum atomic E-state index is 6.29. The van der Waals surface area contributed by atoms with Crippen molar-refractivity contribution in [3.8, 4) is 0 Å². The molecule has 27 heavy (non-hydrogen) atoms. The second-order valence-corrected chi connectivity index (χ2v) is 15.6. The second-order valence-electron chi connectivity index (χ2n) is 6.95. The molecule has 0 bridgehead atoms. The summed E-state index contributed by atoms with van der Waals surface area (Å²) in [6, 6.07) is 10.6. The largest absolute Gasteiger partial charge is 0.415 e. The van der Waals surface area contributed by atoms with Crippen LogP contribution < -0.4 is 0 Å². The predicted molar refractivity (Wildman–Crippen MR) is 119 cm³/mol. The molecule has 2 rings (SSSR count). The Hall–Kier alpha value is -0.0862. The number of hydrogen-bond donors (Lipinski definition) is 0. The van der Waals surface area contributed by atoms with Gasteiger partial charge in [0.1, 0.15) is 0 Å². The van der Waals surface area contributed by atoms with Crippen LogP contribution in [0.15, 0.2) is 36.4 Å². The molecule has 3 nitrogen and oxygen atoms in total. The van der Waals surface area contributed by atoms with Crippen LogP contribution in [0.5, 0.6) is 0 Å². The Labute approximate surface area is 182 Å². The fourth-order valence-corrected chi connectivity index (χ4v) is 9.41. The summed E-state index contributed by atoms with van der Waals surface area (Å²) < 4.78 is 18.4. The van der Waals surface area contributed by atoms with Gasteiger partial charge >= 0.3 is 17.1 Å². The van der Waals surface area contributed by atoms with E-state index in [0.29, 0.717) is 33.3 Å². The average Bonchev–Trinajstić information content (AvgIpc) is 2.56. The lowest BCUT2D eigenvalue weighted by Gasteiger charge is -2.33. The molecule has 0 aliphatic rings. The predicted octanol–water partition coefficient (Wildman–Crippen LogP) is 7.45. The van der Waals surface area contributed by atoms with Crippen molar-refractivity contribution in [1.82, 2.24) is 0 Å². The summed E-state index contributed by atoms with van der Waals surface area (Å²) in [5.74, 6) is 0. The monoisotopic (exact) mass is 482 g/mol. The summed E-state index contributed by atoms with van der Waals surface area (Å²) in [6.07, 6.45) is 0. The van der Waals surface area contributed by atoms with Crippen LogP contribution in [0.3, 0.4) is 0 Å². The van der Waals surface area contributed by atoms with Gasteiger partial charge in [0.2, 0.25) is 0 Å². The van der Waals surface area contributed by atoms with Crippen LogP contribution in [0.1, 0.15) is 11.1 Å². The van der Waals surface area contributed by atoms with Crippen LogP contribution in [0, 0.1) is 0 Å². The minimum atomic E-state index is -2.45. The molecule has 0 fully saturated rings. The lowest BCUT2D eigenvalue weighted by molar-refractivity contribution is 0.184. The Morgan fingerprint density at radius 2 is 1.04 bits per heavy atom. The van der Waals surface area contributed by atoms with Gasteiger partial charge in [-0.05, 0) is 73.7 Å². The van der Waals surface area contributed by atoms with Gasteiger partial charge in [-0.1, -0.05) is 46.4 Å². The summed E-state index contributed by atoms with van der Waals surface area (Å²) in [4.78, 5) is 0. The molecule has 0 atom stereocenters. The third-order valence-electron chi connectivity index (χ3n) is 3.66. The quantitative estimate of drug-likeness (QED) is 0.364. The average molecular weight is 484 g/mol. The highest BCUT2D eigenvalue weighted by Crippen LogP contribution is 2.26. The molecule has 2 aromatic rings. The molecule has 0 aliphatic carbocycles. The fraction of sp³-hybridized carbons (Fsp3) is 0.333. The molecule has 0 aromatic heterocycles. The number of hydrogen-bond acceptors (Lipinski definition) is 3. The lowest BCUT2D eigenvalue weighted by atomic mass is 10.2. The minimum absolute atomic E-state index is 0.337. The van der Waals surface area contributed by atoms with E-state index in [9.17, 15) is 0 Å². The van der Waals surface area contributed by atoms with E-state index in [0.717, 1.165) is 11.1 Å². The van der Waals surface area contributed by atoms with Gasteiger partial charge in [-0.25, -0.2) is 0 Å². The highest BCUT2D eigenvalue weighted by atomic mass is 35.5. The molecular weight excluding hydrogens is 462 g/mol. The molecule has 0 saturated heterocycles. The molecule has 2 aromatic carbocycles. The van der Waals surface area contributed by atoms with Crippen LogP contribution in [-0.2, 0) is 26.2 Å². The molecule has 9 heteroatoms. The van der Waals surface area contributed by atoms with E-state index in [1.54, 1.807) is 36.4 Å². The topological polar surface area (TPSA) is 27.7 Å². The van der Waals surface area contributed by atoms with Crippen LogP contribution in [-0.4, -0.2) is 17.1 Å². The van der Waals surface area contributed by atoms with Crippen molar-refractivity contribution in [2.45, 2.75) is 39.4 Å². The molecule has 0 radical (unpaired) electrons. The van der Waals surface area contributed by atoms with Gasteiger partial charge in [-0.3, -0.25) is 0 Å². The van der Waals surface area contributed by atoms with Gasteiger partial charge in [-0.15, -0.1) is 0 Å². The van der Waals surface area contributed by atoms with Crippen molar-refractivity contribution in [2.24, 2.45) is 0 Å². The first-order valence-electron chi connectivity index (χ1n) is 8.33. The van der Waals surface area contributed by atoms with E-state index >= 15 is 0 Å². The Bertz CT molecular complexity index is 735. The molecule has 148 valence electrons. The Morgan fingerprint density at radius 1 is 0.667 bits per heavy atom. The summed E-state index contributed by atoms with van der Waals surface area (Å²) >= 11 is 24.5. The maximum absolute atomic E-state index is 6.29. The number of benzene rings is 2. The lowest BCUT2D eigenvalue weighted by Crippen LogP contribution is -2.48. The summed E-state index contributed by atoms with van der Waals surface area (Å²) in [7, 11) is -4.90. The SMILES string of the molecule is C[Si](C)(OCc1cc(Cl)ccc1Cl)O[Si](C)(C)OCc1cc(Cl)ccc1Cl. The standard InChI is InChI=1S/C18H22Cl4O3Si2/c1-26(2,23-11-13-9-15(19)5-7-17(13)21)25-27(3,4)24-12-14-10-16(20)6-8-18(14)22/h5-10H,11-12H2,1-4H3. The van der Waals surface area contributed by atoms with Gasteiger partial charge < -0.3 is 13.0 Å². The van der Waals surface area contributed by atoms with E-state index in [1.807, 2.05) is 26.2 Å². The number of halogens is 4. The highest BCUT2D eigenvalue weighted by molar-refractivity contribution is 6.78. The van der Waals surface area contributed by atoms with Crippen molar-refractivity contribution < 1.29 is 13.0 Å². The van der Waals surface area contributed by atoms with Gasteiger partial charge in [0.05, 0.1) is 13.2 Å². The molecule has 0 heterocycles. The smallest absolute Gasteiger partial charge is 0.323 e. The van der Waals surface area contributed by atoms with Crippen molar-refractivity contribution in [3.05, 3.63) is 67.6 Å². The Morgan fingerprint density at radius 3 is 1.41 bits per heavy atom. The van der Waals surface area contributed by atoms with Crippen molar-refractivity contribution in [1.29, 1.82) is 0 Å². The third-order valence-corrected chi connectivity index (χ3v) is 10.5. The first-order chi connectivity index (χ1) is 12.5. The Kier molecular flexibility index (Phi) is 8.25. The summed E-state index contributed by atoms with van der Waals surface area (Å²) in [5, 5.41) is 2.48. The zero-order valence-electron chi connectivity index (χ0n) is 15.6. The van der Waals surface area contributed by atoms with Gasteiger partial charge in [-0.2, -0.15) is 0 Å². The van der Waals surface area contributed by atoms with Crippen LogP contribution >= 0.6 is 46.4 Å². The van der Waals surface area contributed by atoms with Gasteiger partial charge in [0, 0.05) is 20.1 Å². The van der Waals surface area contributed by atoms with E-state index in [2.05, 4.69) is 0 Å². The van der Waals surface area contributed by atoms with E-state index < -0.39 is 17.1 Å². The molecule has 0 unspecified atom stereocenters. The zero-order valence-corrected chi connectivity index (χ0v) is 20.6. The van der Waals surface area contributed by atoms with E-state index in [4.69, 9.17) is 59.4 Å². The minimum Gasteiger partial charge on any atom is -0.415 e. The summed E-state index contributed by atoms with van der Waals surface area (Å²) in [6.45, 7) is 8.60. The fourth-order valence-electron chi connectivity index (χ4n) is 2.46. The molecule has 0 spiro atoms.